The summed E-state index contributed by atoms with van der Waals surface area (Å²) in [6.07, 6.45) is -0.0105. The minimum atomic E-state index is -4.74. The van der Waals surface area contributed by atoms with Gasteiger partial charge in [0.05, 0.1) is 46.7 Å². The average molecular weight is 569 g/mol. The standard InChI is InChI=1S/C24H25ClF4N8O2/c1-35-4-5-36(13-38)19(12-35)20-16(25)8-14(9-30-20)33-23-32-10-17(26)21(34-23)18-11-31-22(24(27,28)29)37(18)15-2-6-39-7-3-15/h8-11,13,15,19H,2-7,12H2,1H3,(H,32,33,34). The van der Waals surface area contributed by atoms with Gasteiger partial charge in [-0.1, -0.05) is 11.6 Å². The number of amides is 1. The first-order chi connectivity index (χ1) is 18.7. The van der Waals surface area contributed by atoms with Crippen LogP contribution in [0.2, 0.25) is 5.02 Å². The van der Waals surface area contributed by atoms with Gasteiger partial charge in [0.25, 0.3) is 0 Å². The lowest BCUT2D eigenvalue weighted by atomic mass is 10.1. The van der Waals surface area contributed by atoms with Crippen LogP contribution in [0.4, 0.5) is 29.2 Å². The van der Waals surface area contributed by atoms with Gasteiger partial charge < -0.3 is 24.4 Å². The molecule has 0 aliphatic carbocycles. The number of anilines is 2. The molecule has 1 atom stereocenters. The van der Waals surface area contributed by atoms with Crippen molar-refractivity contribution >= 4 is 29.6 Å². The van der Waals surface area contributed by atoms with Gasteiger partial charge in [0.15, 0.2) is 5.82 Å². The largest absolute Gasteiger partial charge is 0.449 e. The van der Waals surface area contributed by atoms with Crippen LogP contribution in [0.25, 0.3) is 11.4 Å². The Kier molecular flexibility index (Phi) is 7.69. The Balaban J connectivity index is 1.45. The molecule has 0 spiro atoms. The van der Waals surface area contributed by atoms with E-state index in [9.17, 15) is 22.4 Å². The molecule has 1 amide bonds. The summed E-state index contributed by atoms with van der Waals surface area (Å²) in [6, 6.07) is 0.658. The number of hydrogen-bond acceptors (Lipinski definition) is 8. The number of ether oxygens (including phenoxy) is 1. The molecule has 5 heterocycles. The van der Waals surface area contributed by atoms with Crippen molar-refractivity contribution in [1.29, 1.82) is 0 Å². The highest BCUT2D eigenvalue weighted by molar-refractivity contribution is 6.31. The van der Waals surface area contributed by atoms with Crippen LogP contribution in [-0.4, -0.2) is 80.6 Å². The number of piperazine rings is 1. The summed E-state index contributed by atoms with van der Waals surface area (Å²) < 4.78 is 62.5. The first kappa shape index (κ1) is 27.2. The van der Waals surface area contributed by atoms with E-state index in [1.54, 1.807) is 11.0 Å². The van der Waals surface area contributed by atoms with Crippen molar-refractivity contribution < 1.29 is 27.1 Å². The van der Waals surface area contributed by atoms with Crippen LogP contribution in [0.5, 0.6) is 0 Å². The minimum absolute atomic E-state index is 0.0720. The molecule has 39 heavy (non-hydrogen) atoms. The van der Waals surface area contributed by atoms with Gasteiger partial charge in [-0.05, 0) is 26.0 Å². The van der Waals surface area contributed by atoms with Crippen LogP contribution in [0.1, 0.15) is 36.4 Å². The first-order valence-corrected chi connectivity index (χ1v) is 12.6. The number of aromatic nitrogens is 5. The summed E-state index contributed by atoms with van der Waals surface area (Å²) in [6.45, 7) is 2.39. The van der Waals surface area contributed by atoms with Crippen molar-refractivity contribution in [1.82, 2.24) is 34.3 Å². The van der Waals surface area contributed by atoms with Crippen LogP contribution in [-0.2, 0) is 15.7 Å². The van der Waals surface area contributed by atoms with Gasteiger partial charge >= 0.3 is 6.18 Å². The van der Waals surface area contributed by atoms with E-state index in [1.165, 1.54) is 6.20 Å². The topological polar surface area (TPSA) is 101 Å². The Hall–Kier alpha value is -3.36. The fraction of sp³-hybridized carbons (Fsp3) is 0.458. The Bertz CT molecular complexity index is 1350. The Labute approximate surface area is 226 Å². The molecule has 3 aromatic heterocycles. The maximum atomic E-state index is 14.9. The molecular weight excluding hydrogens is 544 g/mol. The summed E-state index contributed by atoms with van der Waals surface area (Å²) in [5, 5.41) is 3.17. The molecule has 3 aromatic rings. The number of carbonyl (C=O) groups excluding carboxylic acids is 1. The maximum Gasteiger partial charge on any atom is 0.449 e. The third-order valence-corrected chi connectivity index (χ3v) is 7.10. The lowest BCUT2D eigenvalue weighted by molar-refractivity contribution is -0.148. The van der Waals surface area contributed by atoms with Crippen molar-refractivity contribution in [2.24, 2.45) is 0 Å². The van der Waals surface area contributed by atoms with Gasteiger partial charge in [-0.25, -0.2) is 19.3 Å². The van der Waals surface area contributed by atoms with Crippen molar-refractivity contribution in [3.8, 4) is 11.4 Å². The van der Waals surface area contributed by atoms with Crippen LogP contribution >= 0.6 is 11.6 Å². The third-order valence-electron chi connectivity index (χ3n) is 6.79. The molecule has 15 heteroatoms. The number of rotatable bonds is 6. The number of nitrogens with one attached hydrogen (secondary N) is 1. The van der Waals surface area contributed by atoms with E-state index in [4.69, 9.17) is 16.3 Å². The molecule has 0 radical (unpaired) electrons. The molecule has 0 aromatic carbocycles. The van der Waals surface area contributed by atoms with Gasteiger partial charge in [0.1, 0.15) is 5.69 Å². The number of alkyl halides is 3. The molecule has 0 saturated carbocycles. The number of pyridine rings is 1. The predicted octanol–water partition coefficient (Wildman–Crippen LogP) is 4.09. The smallest absolute Gasteiger partial charge is 0.381 e. The maximum absolute atomic E-state index is 14.9. The lowest BCUT2D eigenvalue weighted by Gasteiger charge is -2.37. The van der Waals surface area contributed by atoms with Crippen LogP contribution in [0.3, 0.4) is 0 Å². The summed E-state index contributed by atoms with van der Waals surface area (Å²) in [5.41, 5.74) is 0.447. The molecule has 2 fully saturated rings. The zero-order valence-electron chi connectivity index (χ0n) is 20.8. The van der Waals surface area contributed by atoms with Crippen molar-refractivity contribution in [2.45, 2.75) is 31.1 Å². The quantitative estimate of drug-likeness (QED) is 0.351. The number of carbonyl (C=O) groups is 1. The van der Waals surface area contributed by atoms with Crippen LogP contribution in [0.15, 0.2) is 24.7 Å². The SMILES string of the molecule is CN1CCN(C=O)C(c2ncc(Nc3ncc(F)c(-c4cnc(C(F)(F)F)n4C4CCOCC4)n3)cc2Cl)C1. The second-order valence-corrected chi connectivity index (χ2v) is 9.81. The third kappa shape index (κ3) is 5.68. The summed E-state index contributed by atoms with van der Waals surface area (Å²) in [7, 11) is 1.94. The van der Waals surface area contributed by atoms with E-state index in [2.05, 4.69) is 30.2 Å². The van der Waals surface area contributed by atoms with E-state index >= 15 is 0 Å². The average Bonchev–Trinajstić information content (AvgIpc) is 3.36. The number of likely N-dealkylation sites (N-methyl/N-ethyl adjacent to an activating group) is 1. The zero-order chi connectivity index (χ0) is 27.7. The second kappa shape index (κ2) is 11.0. The summed E-state index contributed by atoms with van der Waals surface area (Å²) >= 11 is 6.51. The number of halogens is 5. The molecule has 1 unspecified atom stereocenters. The highest BCUT2D eigenvalue weighted by Crippen LogP contribution is 2.38. The Morgan fingerprint density at radius 2 is 1.90 bits per heavy atom. The van der Waals surface area contributed by atoms with Gasteiger partial charge in [0, 0.05) is 38.9 Å². The van der Waals surface area contributed by atoms with Gasteiger partial charge in [-0.15, -0.1) is 0 Å². The fourth-order valence-corrected chi connectivity index (χ4v) is 5.15. The molecule has 5 rings (SSSR count). The fourth-order valence-electron chi connectivity index (χ4n) is 4.86. The van der Waals surface area contributed by atoms with Crippen LogP contribution in [0, 0.1) is 5.82 Å². The number of nitrogens with zero attached hydrogens (tertiary/aromatic N) is 7. The van der Waals surface area contributed by atoms with E-state index < -0.39 is 23.9 Å². The van der Waals surface area contributed by atoms with Crippen LogP contribution < -0.4 is 5.32 Å². The van der Waals surface area contributed by atoms with E-state index in [0.29, 0.717) is 42.3 Å². The van der Waals surface area contributed by atoms with E-state index in [0.717, 1.165) is 29.9 Å². The molecule has 10 nitrogen and oxygen atoms in total. The van der Waals surface area contributed by atoms with Gasteiger partial charge in [-0.3, -0.25) is 9.78 Å². The second-order valence-electron chi connectivity index (χ2n) is 9.41. The number of hydrogen-bond donors (Lipinski definition) is 1. The predicted molar refractivity (Wildman–Crippen MR) is 133 cm³/mol. The summed E-state index contributed by atoms with van der Waals surface area (Å²) in [5.74, 6) is -2.09. The minimum Gasteiger partial charge on any atom is -0.381 e. The molecule has 0 bridgehead atoms. The van der Waals surface area contributed by atoms with E-state index in [1.807, 2.05) is 7.05 Å². The normalized spacial score (nSPS) is 19.3. The molecular formula is C24H25ClF4N8O2. The number of imidazole rings is 1. The van der Waals surface area contributed by atoms with Crippen molar-refractivity contribution in [2.75, 3.05) is 45.2 Å². The van der Waals surface area contributed by atoms with Gasteiger partial charge in [0.2, 0.25) is 18.2 Å². The summed E-state index contributed by atoms with van der Waals surface area (Å²) in [4.78, 5) is 31.3. The van der Waals surface area contributed by atoms with Crippen molar-refractivity contribution in [3.05, 3.63) is 47.0 Å². The Morgan fingerprint density at radius 1 is 1.13 bits per heavy atom. The van der Waals surface area contributed by atoms with Gasteiger partial charge in [-0.2, -0.15) is 13.2 Å². The molecule has 2 aliphatic heterocycles. The zero-order valence-corrected chi connectivity index (χ0v) is 21.6. The lowest BCUT2D eigenvalue weighted by Crippen LogP contribution is -2.46. The van der Waals surface area contributed by atoms with E-state index in [-0.39, 0.29) is 36.6 Å². The van der Waals surface area contributed by atoms with Crippen molar-refractivity contribution in [3.63, 3.8) is 0 Å². The highest BCUT2D eigenvalue weighted by atomic mass is 35.5. The monoisotopic (exact) mass is 568 g/mol. The Morgan fingerprint density at radius 3 is 2.59 bits per heavy atom. The highest BCUT2D eigenvalue weighted by Gasteiger charge is 2.40. The molecule has 1 N–H and O–H groups in total. The first-order valence-electron chi connectivity index (χ1n) is 12.2. The molecule has 2 aliphatic rings. The molecule has 208 valence electrons. The molecule has 2 saturated heterocycles.